The Bertz CT molecular complexity index is 1510. The molecule has 0 spiro atoms. The second kappa shape index (κ2) is 6.56. The molecule has 6 aromatic rings. The average Bonchev–Trinajstić information content (AvgIpc) is 3.35. The van der Waals surface area contributed by atoms with Gasteiger partial charge in [0.15, 0.2) is 5.65 Å². The molecule has 0 aliphatic heterocycles. The molecule has 0 bridgehead atoms. The first-order valence-electron chi connectivity index (χ1n) is 9.96. The molecule has 3 aromatic heterocycles. The number of fused-ring (bicyclic) bond motifs is 5. The Balaban J connectivity index is 1.66. The molecule has 3 nitrogen and oxygen atoms in total. The minimum Gasteiger partial charge on any atom is -0.333 e. The molecule has 6 rings (SSSR count). The summed E-state index contributed by atoms with van der Waals surface area (Å²) in [5, 5.41) is 2.41. The highest BCUT2D eigenvalue weighted by molar-refractivity contribution is 6.12. The molecule has 0 atom stereocenters. The monoisotopic (exact) mass is 391 g/mol. The van der Waals surface area contributed by atoms with Crippen LogP contribution in [0.15, 0.2) is 97.3 Å². The Morgan fingerprint density at radius 2 is 1.53 bits per heavy atom. The lowest BCUT2D eigenvalue weighted by Crippen LogP contribution is -2.01. The van der Waals surface area contributed by atoms with Crippen LogP contribution in [-0.4, -0.2) is 14.0 Å². The van der Waals surface area contributed by atoms with Gasteiger partial charge >= 0.3 is 0 Å². The van der Waals surface area contributed by atoms with E-state index in [2.05, 4.69) is 69.8 Å². The Morgan fingerprint density at radius 3 is 2.37 bits per heavy atom. The fourth-order valence-electron chi connectivity index (χ4n) is 4.34. The molecule has 3 heterocycles. The molecule has 0 saturated heterocycles. The van der Waals surface area contributed by atoms with Crippen molar-refractivity contribution in [3.8, 4) is 11.3 Å². The van der Waals surface area contributed by atoms with Crippen molar-refractivity contribution in [2.24, 2.45) is 0 Å². The van der Waals surface area contributed by atoms with Gasteiger partial charge in [0.2, 0.25) is 0 Å². The molecule has 4 heteroatoms. The summed E-state index contributed by atoms with van der Waals surface area (Å²) in [5.41, 5.74) is 6.33. The summed E-state index contributed by atoms with van der Waals surface area (Å²) >= 11 is 0. The maximum absolute atomic E-state index is 13.4. The topological polar surface area (TPSA) is 22.2 Å². The predicted molar refractivity (Wildman–Crippen MR) is 119 cm³/mol. The summed E-state index contributed by atoms with van der Waals surface area (Å²) in [6.07, 6.45) is 3.93. The highest BCUT2D eigenvalue weighted by Crippen LogP contribution is 2.33. The van der Waals surface area contributed by atoms with Gasteiger partial charge in [-0.3, -0.25) is 4.40 Å². The summed E-state index contributed by atoms with van der Waals surface area (Å²) in [4.78, 5) is 4.79. The zero-order valence-corrected chi connectivity index (χ0v) is 16.2. The Hall–Kier alpha value is -3.92. The molecule has 0 radical (unpaired) electrons. The van der Waals surface area contributed by atoms with E-state index >= 15 is 0 Å². The van der Waals surface area contributed by atoms with Crippen LogP contribution < -0.4 is 0 Å². The number of rotatable bonds is 3. The highest BCUT2D eigenvalue weighted by Gasteiger charge is 2.16. The normalized spacial score (nSPS) is 11.6. The van der Waals surface area contributed by atoms with Crippen LogP contribution in [0.3, 0.4) is 0 Å². The van der Waals surface area contributed by atoms with Gasteiger partial charge in [-0.05, 0) is 42.0 Å². The minimum absolute atomic E-state index is 0.238. The number of nitrogens with zero attached hydrogens (tertiary/aromatic N) is 3. The lowest BCUT2D eigenvalue weighted by Gasteiger charge is -2.09. The average molecular weight is 391 g/mol. The fraction of sp³-hybridized carbons (Fsp3) is 0.0385. The van der Waals surface area contributed by atoms with Gasteiger partial charge in [0.1, 0.15) is 5.82 Å². The maximum atomic E-state index is 13.4. The highest BCUT2D eigenvalue weighted by atomic mass is 19.1. The van der Waals surface area contributed by atoms with Gasteiger partial charge in [-0.1, -0.05) is 48.5 Å². The number of benzene rings is 3. The summed E-state index contributed by atoms with van der Waals surface area (Å²) in [6.45, 7) is 0.767. The van der Waals surface area contributed by atoms with Gasteiger partial charge in [0, 0.05) is 34.6 Å². The van der Waals surface area contributed by atoms with Gasteiger partial charge < -0.3 is 4.57 Å². The quantitative estimate of drug-likeness (QED) is 0.347. The zero-order chi connectivity index (χ0) is 20.1. The standard InChI is InChI=1S/C26H18FN3/c27-20-12-10-19(11-13-20)24-16-28-26-25-22(14-15-29(24)26)21-8-4-5-9-23(21)30(25)17-18-6-2-1-3-7-18/h1-16H,17H2. The van der Waals surface area contributed by atoms with Crippen molar-refractivity contribution in [2.45, 2.75) is 6.54 Å². The molecule has 0 aliphatic rings. The van der Waals surface area contributed by atoms with Crippen molar-refractivity contribution >= 4 is 27.5 Å². The Kier molecular flexibility index (Phi) is 3.71. The van der Waals surface area contributed by atoms with E-state index in [1.165, 1.54) is 34.0 Å². The molecular weight excluding hydrogens is 373 g/mol. The number of pyridine rings is 1. The van der Waals surface area contributed by atoms with E-state index in [0.717, 1.165) is 29.0 Å². The molecule has 30 heavy (non-hydrogen) atoms. The third-order valence-electron chi connectivity index (χ3n) is 5.73. The van der Waals surface area contributed by atoms with Gasteiger partial charge in [-0.2, -0.15) is 0 Å². The van der Waals surface area contributed by atoms with Crippen LogP contribution in [-0.2, 0) is 6.54 Å². The molecule has 144 valence electrons. The molecule has 0 amide bonds. The second-order valence-electron chi connectivity index (χ2n) is 7.51. The van der Waals surface area contributed by atoms with E-state index in [4.69, 9.17) is 4.98 Å². The van der Waals surface area contributed by atoms with Crippen molar-refractivity contribution in [2.75, 3.05) is 0 Å². The minimum atomic E-state index is -0.238. The van der Waals surface area contributed by atoms with Crippen LogP contribution in [0.5, 0.6) is 0 Å². The molecule has 0 unspecified atom stereocenters. The molecule has 0 saturated carbocycles. The number of halogens is 1. The van der Waals surface area contributed by atoms with Crippen LogP contribution in [0, 0.1) is 5.82 Å². The van der Waals surface area contributed by atoms with Crippen molar-refractivity contribution < 1.29 is 4.39 Å². The first-order valence-corrected chi connectivity index (χ1v) is 9.96. The summed E-state index contributed by atoms with van der Waals surface area (Å²) in [5.74, 6) is -0.238. The van der Waals surface area contributed by atoms with Crippen molar-refractivity contribution in [1.29, 1.82) is 0 Å². The third-order valence-corrected chi connectivity index (χ3v) is 5.73. The molecule has 0 fully saturated rings. The fourth-order valence-corrected chi connectivity index (χ4v) is 4.34. The molecule has 0 aliphatic carbocycles. The van der Waals surface area contributed by atoms with Crippen LogP contribution in [0.25, 0.3) is 38.7 Å². The van der Waals surface area contributed by atoms with E-state index in [0.29, 0.717) is 0 Å². The van der Waals surface area contributed by atoms with E-state index in [-0.39, 0.29) is 5.82 Å². The Morgan fingerprint density at radius 1 is 0.767 bits per heavy atom. The zero-order valence-electron chi connectivity index (χ0n) is 16.2. The first kappa shape index (κ1) is 17.0. The summed E-state index contributed by atoms with van der Waals surface area (Å²) in [6, 6.07) is 27.7. The summed E-state index contributed by atoms with van der Waals surface area (Å²) in [7, 11) is 0. The predicted octanol–water partition coefficient (Wildman–Crippen LogP) is 6.30. The van der Waals surface area contributed by atoms with Crippen molar-refractivity contribution in [3.05, 3.63) is 109 Å². The van der Waals surface area contributed by atoms with Crippen LogP contribution in [0.4, 0.5) is 4.39 Å². The Labute approximate surface area is 172 Å². The van der Waals surface area contributed by atoms with Gasteiger partial charge in [0.25, 0.3) is 0 Å². The summed E-state index contributed by atoms with van der Waals surface area (Å²) < 4.78 is 17.8. The van der Waals surface area contributed by atoms with E-state index in [1.807, 2.05) is 12.3 Å². The first-order chi connectivity index (χ1) is 14.8. The lowest BCUT2D eigenvalue weighted by molar-refractivity contribution is 0.628. The smallest absolute Gasteiger partial charge is 0.161 e. The van der Waals surface area contributed by atoms with Crippen LogP contribution in [0.2, 0.25) is 0 Å². The largest absolute Gasteiger partial charge is 0.333 e. The van der Waals surface area contributed by atoms with E-state index in [1.54, 1.807) is 12.1 Å². The van der Waals surface area contributed by atoms with Gasteiger partial charge in [-0.15, -0.1) is 0 Å². The molecule has 3 aromatic carbocycles. The maximum Gasteiger partial charge on any atom is 0.161 e. The van der Waals surface area contributed by atoms with Gasteiger partial charge in [-0.25, -0.2) is 9.37 Å². The van der Waals surface area contributed by atoms with Crippen molar-refractivity contribution in [3.63, 3.8) is 0 Å². The van der Waals surface area contributed by atoms with E-state index in [9.17, 15) is 4.39 Å². The van der Waals surface area contributed by atoms with Crippen LogP contribution in [0.1, 0.15) is 5.56 Å². The van der Waals surface area contributed by atoms with Crippen molar-refractivity contribution in [1.82, 2.24) is 14.0 Å². The number of para-hydroxylation sites is 1. The number of imidazole rings is 1. The number of hydrogen-bond acceptors (Lipinski definition) is 1. The lowest BCUT2D eigenvalue weighted by atomic mass is 10.1. The van der Waals surface area contributed by atoms with E-state index < -0.39 is 0 Å². The SMILES string of the molecule is Fc1ccc(-c2cnc3c4c(ccn23)c2ccccc2n4Cc2ccccc2)cc1. The number of aromatic nitrogens is 3. The number of hydrogen-bond donors (Lipinski definition) is 0. The van der Waals surface area contributed by atoms with Crippen LogP contribution >= 0.6 is 0 Å². The third kappa shape index (κ3) is 2.54. The molecule has 0 N–H and O–H groups in total. The van der Waals surface area contributed by atoms with Gasteiger partial charge in [0.05, 0.1) is 17.4 Å². The second-order valence-corrected chi connectivity index (χ2v) is 7.51. The molecular formula is C26H18FN3.